The van der Waals surface area contributed by atoms with Crippen LogP contribution in [0, 0.1) is 0 Å². The number of hydrogen-bond acceptors (Lipinski definition) is 4. The third-order valence-corrected chi connectivity index (χ3v) is 5.76. The number of nitrogens with one attached hydrogen (secondary N) is 1. The summed E-state index contributed by atoms with van der Waals surface area (Å²) in [6.45, 7) is 1.91. The minimum Gasteiger partial charge on any atom is -0.397 e. The number of thiophene rings is 1. The lowest BCUT2D eigenvalue weighted by Gasteiger charge is -2.12. The van der Waals surface area contributed by atoms with E-state index in [-0.39, 0.29) is 11.9 Å². The SMILES string of the molecule is CC(CCS(C)=O)NC(=O)c1sc2cccc(Br)c2c1N. The van der Waals surface area contributed by atoms with Crippen molar-refractivity contribution < 1.29 is 9.00 Å². The minimum atomic E-state index is -0.845. The van der Waals surface area contributed by atoms with Crippen molar-refractivity contribution in [2.45, 2.75) is 19.4 Å². The summed E-state index contributed by atoms with van der Waals surface area (Å²) in [6.07, 6.45) is 2.35. The summed E-state index contributed by atoms with van der Waals surface area (Å²) in [5.74, 6) is 0.407. The third kappa shape index (κ3) is 3.84. The fourth-order valence-corrected chi connectivity index (χ4v) is 4.45. The molecule has 1 heterocycles. The van der Waals surface area contributed by atoms with E-state index in [1.807, 2.05) is 25.1 Å². The van der Waals surface area contributed by atoms with Crippen LogP contribution < -0.4 is 11.1 Å². The van der Waals surface area contributed by atoms with Gasteiger partial charge < -0.3 is 11.1 Å². The Bertz CT molecular complexity index is 700. The van der Waals surface area contributed by atoms with Crippen molar-refractivity contribution >= 4 is 59.7 Å². The minimum absolute atomic E-state index is 0.0329. The number of nitrogens with two attached hydrogens (primary N) is 1. The molecule has 0 spiro atoms. The molecular weight excluding hydrogens is 372 g/mol. The van der Waals surface area contributed by atoms with Crippen LogP contribution in [0.1, 0.15) is 23.0 Å². The molecule has 0 bridgehead atoms. The number of benzene rings is 1. The molecule has 2 rings (SSSR count). The molecule has 0 aliphatic heterocycles. The first-order valence-electron chi connectivity index (χ1n) is 6.47. The van der Waals surface area contributed by atoms with E-state index in [0.29, 0.717) is 22.7 Å². The van der Waals surface area contributed by atoms with Crippen molar-refractivity contribution in [2.24, 2.45) is 0 Å². The van der Waals surface area contributed by atoms with E-state index in [4.69, 9.17) is 5.73 Å². The Morgan fingerprint density at radius 3 is 2.86 bits per heavy atom. The second-order valence-electron chi connectivity index (χ2n) is 4.90. The van der Waals surface area contributed by atoms with Gasteiger partial charge in [0.1, 0.15) is 4.88 Å². The van der Waals surface area contributed by atoms with Crippen LogP contribution in [-0.4, -0.2) is 28.2 Å². The van der Waals surface area contributed by atoms with Crippen LogP contribution in [0.25, 0.3) is 10.1 Å². The number of rotatable bonds is 5. The van der Waals surface area contributed by atoms with E-state index >= 15 is 0 Å². The molecule has 2 atom stereocenters. The van der Waals surface area contributed by atoms with E-state index in [1.165, 1.54) is 11.3 Å². The summed E-state index contributed by atoms with van der Waals surface area (Å²) >= 11 is 4.85. The molecule has 1 amide bonds. The van der Waals surface area contributed by atoms with Crippen molar-refractivity contribution in [1.82, 2.24) is 5.32 Å². The highest BCUT2D eigenvalue weighted by Gasteiger charge is 2.19. The van der Waals surface area contributed by atoms with Crippen LogP contribution in [0.5, 0.6) is 0 Å². The largest absolute Gasteiger partial charge is 0.397 e. The molecule has 1 aromatic heterocycles. The van der Waals surface area contributed by atoms with Crippen molar-refractivity contribution in [3.8, 4) is 0 Å². The van der Waals surface area contributed by atoms with Gasteiger partial charge in [-0.25, -0.2) is 0 Å². The maximum atomic E-state index is 12.3. The molecule has 4 nitrogen and oxygen atoms in total. The second kappa shape index (κ2) is 6.89. The molecule has 1 aromatic carbocycles. The highest BCUT2D eigenvalue weighted by Crippen LogP contribution is 2.38. The van der Waals surface area contributed by atoms with Crippen LogP contribution in [0.4, 0.5) is 5.69 Å². The second-order valence-corrected chi connectivity index (χ2v) is 8.36. The van der Waals surface area contributed by atoms with Crippen molar-refractivity contribution in [3.05, 3.63) is 27.5 Å². The first kappa shape index (κ1) is 16.5. The quantitative estimate of drug-likeness (QED) is 0.825. The van der Waals surface area contributed by atoms with Gasteiger partial charge in [0.25, 0.3) is 5.91 Å². The Hall–Kier alpha value is -0.920. The molecule has 2 aromatic rings. The van der Waals surface area contributed by atoms with E-state index < -0.39 is 10.8 Å². The van der Waals surface area contributed by atoms with Gasteiger partial charge in [-0.2, -0.15) is 0 Å². The Kier molecular flexibility index (Phi) is 5.40. The van der Waals surface area contributed by atoms with Gasteiger partial charge in [0.2, 0.25) is 0 Å². The molecule has 0 saturated carbocycles. The molecule has 2 unspecified atom stereocenters. The lowest BCUT2D eigenvalue weighted by atomic mass is 10.2. The van der Waals surface area contributed by atoms with Gasteiger partial charge in [-0.05, 0) is 25.5 Å². The highest BCUT2D eigenvalue weighted by atomic mass is 79.9. The normalized spacial score (nSPS) is 14.0. The number of amides is 1. The molecule has 0 aliphatic carbocycles. The van der Waals surface area contributed by atoms with E-state index in [0.717, 1.165) is 14.6 Å². The molecule has 0 fully saturated rings. The summed E-state index contributed by atoms with van der Waals surface area (Å²) in [5.41, 5.74) is 6.62. The summed E-state index contributed by atoms with van der Waals surface area (Å²) in [7, 11) is -0.845. The van der Waals surface area contributed by atoms with Crippen LogP contribution in [0.15, 0.2) is 22.7 Å². The molecular formula is C14H17BrN2O2S2. The Morgan fingerprint density at radius 2 is 2.24 bits per heavy atom. The Balaban J connectivity index is 2.18. The van der Waals surface area contributed by atoms with Gasteiger partial charge in [-0.1, -0.05) is 22.0 Å². The van der Waals surface area contributed by atoms with Gasteiger partial charge >= 0.3 is 0 Å². The maximum absolute atomic E-state index is 12.3. The third-order valence-electron chi connectivity index (χ3n) is 3.12. The standard InChI is InChI=1S/C14H17BrN2O2S2/c1-8(6-7-21(2)19)17-14(18)13-12(16)11-9(15)4-3-5-10(11)20-13/h3-5,8H,6-7,16H2,1-2H3,(H,17,18). The van der Waals surface area contributed by atoms with Gasteiger partial charge in [0.05, 0.1) is 5.69 Å². The lowest BCUT2D eigenvalue weighted by Crippen LogP contribution is -2.33. The summed E-state index contributed by atoms with van der Waals surface area (Å²) in [5, 5.41) is 3.80. The zero-order valence-electron chi connectivity index (χ0n) is 11.8. The van der Waals surface area contributed by atoms with Crippen molar-refractivity contribution in [1.29, 1.82) is 0 Å². The number of halogens is 1. The predicted molar refractivity (Wildman–Crippen MR) is 94.4 cm³/mol. The summed E-state index contributed by atoms with van der Waals surface area (Å²) in [4.78, 5) is 12.9. The molecule has 114 valence electrons. The number of carbonyl (C=O) groups is 1. The zero-order valence-corrected chi connectivity index (χ0v) is 15.0. The summed E-state index contributed by atoms with van der Waals surface area (Å²) < 4.78 is 13.0. The molecule has 0 saturated heterocycles. The van der Waals surface area contributed by atoms with Gasteiger partial charge in [0, 0.05) is 43.4 Å². The number of fused-ring (bicyclic) bond motifs is 1. The van der Waals surface area contributed by atoms with E-state index in [1.54, 1.807) is 6.26 Å². The molecule has 3 N–H and O–H groups in total. The topological polar surface area (TPSA) is 72.2 Å². The number of hydrogen-bond donors (Lipinski definition) is 2. The molecule has 0 radical (unpaired) electrons. The van der Waals surface area contributed by atoms with Gasteiger partial charge in [0.15, 0.2) is 0 Å². The number of nitrogen functional groups attached to an aromatic ring is 1. The lowest BCUT2D eigenvalue weighted by molar-refractivity contribution is 0.0944. The molecule has 7 heteroatoms. The maximum Gasteiger partial charge on any atom is 0.263 e. The molecule has 21 heavy (non-hydrogen) atoms. The van der Waals surface area contributed by atoms with Crippen molar-refractivity contribution in [3.63, 3.8) is 0 Å². The van der Waals surface area contributed by atoms with Crippen LogP contribution in [-0.2, 0) is 10.8 Å². The van der Waals surface area contributed by atoms with Crippen LogP contribution >= 0.6 is 27.3 Å². The van der Waals surface area contributed by atoms with E-state index in [9.17, 15) is 9.00 Å². The fraction of sp³-hybridized carbons (Fsp3) is 0.357. The fourth-order valence-electron chi connectivity index (χ4n) is 2.00. The average molecular weight is 389 g/mol. The van der Waals surface area contributed by atoms with Crippen molar-refractivity contribution in [2.75, 3.05) is 17.7 Å². The summed E-state index contributed by atoms with van der Waals surface area (Å²) in [6, 6.07) is 5.74. The highest BCUT2D eigenvalue weighted by molar-refractivity contribution is 9.10. The molecule has 0 aliphatic rings. The number of anilines is 1. The van der Waals surface area contributed by atoms with E-state index in [2.05, 4.69) is 21.2 Å². The zero-order chi connectivity index (χ0) is 15.6. The monoisotopic (exact) mass is 388 g/mol. The first-order chi connectivity index (χ1) is 9.90. The van der Waals surface area contributed by atoms with Crippen LogP contribution in [0.3, 0.4) is 0 Å². The average Bonchev–Trinajstić information content (AvgIpc) is 2.75. The number of carbonyl (C=O) groups excluding carboxylic acids is 1. The van der Waals surface area contributed by atoms with Gasteiger partial charge in [-0.15, -0.1) is 11.3 Å². The first-order valence-corrected chi connectivity index (χ1v) is 9.81. The predicted octanol–water partition coefficient (Wildman–Crippen LogP) is 3.13. The smallest absolute Gasteiger partial charge is 0.263 e. The Morgan fingerprint density at radius 1 is 1.52 bits per heavy atom. The van der Waals surface area contributed by atoms with Gasteiger partial charge in [-0.3, -0.25) is 9.00 Å². The van der Waals surface area contributed by atoms with Crippen LogP contribution in [0.2, 0.25) is 0 Å². The Labute approximate surface area is 138 Å².